The van der Waals surface area contributed by atoms with Gasteiger partial charge in [0.1, 0.15) is 0 Å². The predicted octanol–water partition coefficient (Wildman–Crippen LogP) is 3.55. The number of imide groups is 1. The van der Waals surface area contributed by atoms with E-state index in [1.54, 1.807) is 12.1 Å². The summed E-state index contributed by atoms with van der Waals surface area (Å²) in [6.07, 6.45) is 4.94. The number of amides is 3. The highest BCUT2D eigenvalue weighted by atomic mass is 16.5. The van der Waals surface area contributed by atoms with Gasteiger partial charge in [0.05, 0.1) is 23.1 Å². The predicted molar refractivity (Wildman–Crippen MR) is 119 cm³/mol. The average Bonchev–Trinajstić information content (AvgIpc) is 3.05. The first-order valence-electron chi connectivity index (χ1n) is 10.5. The summed E-state index contributed by atoms with van der Waals surface area (Å²) in [7, 11) is 0. The number of anilines is 2. The zero-order valence-electron chi connectivity index (χ0n) is 18.0. The number of benzene rings is 2. The first-order chi connectivity index (χ1) is 15.4. The van der Waals surface area contributed by atoms with Gasteiger partial charge in [-0.25, -0.2) is 4.79 Å². The van der Waals surface area contributed by atoms with Gasteiger partial charge in [-0.05, 0) is 56.0 Å². The van der Waals surface area contributed by atoms with E-state index in [-0.39, 0.29) is 29.2 Å². The van der Waals surface area contributed by atoms with E-state index < -0.39 is 18.5 Å². The minimum Gasteiger partial charge on any atom is -0.452 e. The molecule has 1 aliphatic carbocycles. The molecule has 164 valence electrons. The van der Waals surface area contributed by atoms with Crippen LogP contribution in [0.25, 0.3) is 0 Å². The Kier molecular flexibility index (Phi) is 5.90. The number of carbonyl (C=O) groups excluding carboxylic acids is 4. The number of nitrogens with zero attached hydrogens (tertiary/aromatic N) is 1. The number of esters is 1. The van der Waals surface area contributed by atoms with Crippen molar-refractivity contribution in [3.63, 3.8) is 0 Å². The molecule has 0 radical (unpaired) electrons. The smallest absolute Gasteiger partial charge is 0.338 e. The number of aryl methyl sites for hydroxylation is 2. The Labute approximate surface area is 186 Å². The van der Waals surface area contributed by atoms with Gasteiger partial charge < -0.3 is 10.1 Å². The molecule has 2 aromatic rings. The molecule has 1 heterocycles. The summed E-state index contributed by atoms with van der Waals surface area (Å²) in [5.41, 5.74) is 3.01. The monoisotopic (exact) mass is 432 g/mol. The van der Waals surface area contributed by atoms with Gasteiger partial charge in [0.25, 0.3) is 5.91 Å². The number of para-hydroxylation sites is 1. The quantitative estimate of drug-likeness (QED) is 0.443. The van der Waals surface area contributed by atoms with E-state index in [2.05, 4.69) is 5.32 Å². The SMILES string of the molecule is Cc1cccc(C)c1NC(=O)COC(=O)c1cccc(N2C(=O)[C@H]3CC=CC[C@@H]3C2=O)c1. The molecule has 2 aromatic carbocycles. The van der Waals surface area contributed by atoms with E-state index in [1.807, 2.05) is 44.2 Å². The third-order valence-corrected chi connectivity index (χ3v) is 5.93. The van der Waals surface area contributed by atoms with Crippen LogP contribution in [-0.2, 0) is 19.1 Å². The summed E-state index contributed by atoms with van der Waals surface area (Å²) in [5, 5.41) is 2.76. The molecule has 1 N–H and O–H groups in total. The molecule has 1 saturated heterocycles. The van der Waals surface area contributed by atoms with Crippen molar-refractivity contribution < 1.29 is 23.9 Å². The van der Waals surface area contributed by atoms with Crippen LogP contribution in [0.4, 0.5) is 11.4 Å². The first-order valence-corrected chi connectivity index (χ1v) is 10.5. The Morgan fingerprint density at radius 1 is 0.969 bits per heavy atom. The number of ether oxygens (including phenoxy) is 1. The Hall–Kier alpha value is -3.74. The summed E-state index contributed by atoms with van der Waals surface area (Å²) in [5.74, 6) is -2.35. The van der Waals surface area contributed by atoms with Crippen molar-refractivity contribution in [2.24, 2.45) is 11.8 Å². The molecule has 1 aliphatic heterocycles. The molecule has 7 nitrogen and oxygen atoms in total. The molecule has 2 aliphatic rings. The van der Waals surface area contributed by atoms with Crippen LogP contribution in [0.15, 0.2) is 54.6 Å². The van der Waals surface area contributed by atoms with Crippen molar-refractivity contribution in [3.05, 3.63) is 71.3 Å². The van der Waals surface area contributed by atoms with Crippen LogP contribution in [0.3, 0.4) is 0 Å². The molecular formula is C25H24N2O5. The lowest BCUT2D eigenvalue weighted by Crippen LogP contribution is -2.31. The third-order valence-electron chi connectivity index (χ3n) is 5.93. The van der Waals surface area contributed by atoms with Gasteiger partial charge in [-0.2, -0.15) is 0 Å². The van der Waals surface area contributed by atoms with Crippen LogP contribution >= 0.6 is 0 Å². The van der Waals surface area contributed by atoms with Crippen LogP contribution in [-0.4, -0.2) is 30.3 Å². The molecule has 0 saturated carbocycles. The Morgan fingerprint density at radius 3 is 2.19 bits per heavy atom. The lowest BCUT2D eigenvalue weighted by molar-refractivity contribution is -0.122. The van der Waals surface area contributed by atoms with E-state index in [9.17, 15) is 19.2 Å². The molecule has 0 unspecified atom stereocenters. The van der Waals surface area contributed by atoms with Gasteiger partial charge in [0.15, 0.2) is 6.61 Å². The van der Waals surface area contributed by atoms with Gasteiger partial charge in [-0.3, -0.25) is 19.3 Å². The fraction of sp³-hybridized carbons (Fsp3) is 0.280. The van der Waals surface area contributed by atoms with Gasteiger partial charge >= 0.3 is 5.97 Å². The number of hydrogen-bond donors (Lipinski definition) is 1. The highest BCUT2D eigenvalue weighted by Crippen LogP contribution is 2.37. The van der Waals surface area contributed by atoms with Crippen molar-refractivity contribution in [1.29, 1.82) is 0 Å². The van der Waals surface area contributed by atoms with E-state index >= 15 is 0 Å². The maximum absolute atomic E-state index is 12.8. The second kappa shape index (κ2) is 8.78. The number of allylic oxidation sites excluding steroid dienone is 2. The van der Waals surface area contributed by atoms with Crippen LogP contribution in [0, 0.1) is 25.7 Å². The normalized spacial score (nSPS) is 19.6. The molecule has 32 heavy (non-hydrogen) atoms. The van der Waals surface area contributed by atoms with Gasteiger partial charge in [0.2, 0.25) is 11.8 Å². The lowest BCUT2D eigenvalue weighted by Gasteiger charge is -2.16. The van der Waals surface area contributed by atoms with Crippen LogP contribution in [0.5, 0.6) is 0 Å². The van der Waals surface area contributed by atoms with E-state index in [0.29, 0.717) is 24.2 Å². The second-order valence-electron chi connectivity index (χ2n) is 8.11. The molecule has 0 aromatic heterocycles. The summed E-state index contributed by atoms with van der Waals surface area (Å²) >= 11 is 0. The minimum atomic E-state index is -0.707. The highest BCUT2D eigenvalue weighted by Gasteiger charge is 2.47. The second-order valence-corrected chi connectivity index (χ2v) is 8.11. The Bertz CT molecular complexity index is 1090. The fourth-order valence-corrected chi connectivity index (χ4v) is 4.23. The topological polar surface area (TPSA) is 92.8 Å². The van der Waals surface area contributed by atoms with Gasteiger partial charge in [-0.15, -0.1) is 0 Å². The van der Waals surface area contributed by atoms with Gasteiger partial charge in [0, 0.05) is 5.69 Å². The minimum absolute atomic E-state index is 0.163. The summed E-state index contributed by atoms with van der Waals surface area (Å²) < 4.78 is 5.16. The largest absolute Gasteiger partial charge is 0.452 e. The molecule has 1 fully saturated rings. The fourth-order valence-electron chi connectivity index (χ4n) is 4.23. The molecule has 0 spiro atoms. The first kappa shape index (κ1) is 21.5. The average molecular weight is 432 g/mol. The molecule has 7 heteroatoms. The maximum Gasteiger partial charge on any atom is 0.338 e. The number of hydrogen-bond acceptors (Lipinski definition) is 5. The standard InChI is InChI=1S/C25H24N2O5/c1-15-7-5-8-16(2)22(15)26-21(28)14-32-25(31)17-9-6-10-18(13-17)27-23(29)19-11-3-4-12-20(19)24(27)30/h3-10,13,19-20H,11-12,14H2,1-2H3,(H,26,28)/t19-,20-/m0/s1. The number of fused-ring (bicyclic) bond motifs is 1. The summed E-state index contributed by atoms with van der Waals surface area (Å²) in [6, 6.07) is 11.8. The van der Waals surface area contributed by atoms with Crippen molar-refractivity contribution in [3.8, 4) is 0 Å². The molecule has 0 bridgehead atoms. The van der Waals surface area contributed by atoms with Crippen molar-refractivity contribution in [2.45, 2.75) is 26.7 Å². The van der Waals surface area contributed by atoms with Gasteiger partial charge in [-0.1, -0.05) is 36.4 Å². The van der Waals surface area contributed by atoms with Crippen LogP contribution in [0.1, 0.15) is 34.3 Å². The van der Waals surface area contributed by atoms with Crippen molar-refractivity contribution in [1.82, 2.24) is 0 Å². The Balaban J connectivity index is 1.42. The van der Waals surface area contributed by atoms with E-state index in [0.717, 1.165) is 16.0 Å². The molecule has 3 amide bonds. The van der Waals surface area contributed by atoms with Crippen molar-refractivity contribution >= 4 is 35.1 Å². The van der Waals surface area contributed by atoms with E-state index in [4.69, 9.17) is 4.74 Å². The summed E-state index contributed by atoms with van der Waals surface area (Å²) in [4.78, 5) is 51.5. The van der Waals surface area contributed by atoms with Crippen LogP contribution < -0.4 is 10.2 Å². The number of nitrogens with one attached hydrogen (secondary N) is 1. The highest BCUT2D eigenvalue weighted by molar-refractivity contribution is 6.22. The lowest BCUT2D eigenvalue weighted by atomic mass is 9.85. The number of carbonyl (C=O) groups is 4. The molecular weight excluding hydrogens is 408 g/mol. The molecule has 4 rings (SSSR count). The zero-order chi connectivity index (χ0) is 22.8. The maximum atomic E-state index is 12.8. The molecule has 2 atom stereocenters. The van der Waals surface area contributed by atoms with E-state index in [1.165, 1.54) is 12.1 Å². The third kappa shape index (κ3) is 4.06. The number of rotatable bonds is 5. The van der Waals surface area contributed by atoms with Crippen molar-refractivity contribution in [2.75, 3.05) is 16.8 Å². The summed E-state index contributed by atoms with van der Waals surface area (Å²) in [6.45, 7) is 3.31. The van der Waals surface area contributed by atoms with Crippen LogP contribution in [0.2, 0.25) is 0 Å². The Morgan fingerprint density at radius 2 is 1.56 bits per heavy atom. The zero-order valence-corrected chi connectivity index (χ0v) is 18.0.